The lowest BCUT2D eigenvalue weighted by molar-refractivity contribution is 0.483. The zero-order valence-electron chi connectivity index (χ0n) is 14.0. The summed E-state index contributed by atoms with van der Waals surface area (Å²) < 4.78 is 5.87. The van der Waals surface area contributed by atoms with Crippen molar-refractivity contribution in [3.63, 3.8) is 0 Å². The van der Waals surface area contributed by atoms with Crippen LogP contribution in [0.2, 0.25) is 10.0 Å². The maximum Gasteiger partial charge on any atom is 0.342 e. The number of ether oxygens (including phenoxy) is 1. The van der Waals surface area contributed by atoms with Crippen molar-refractivity contribution in [2.24, 2.45) is 4.99 Å². The summed E-state index contributed by atoms with van der Waals surface area (Å²) in [5.41, 5.74) is 2.12. The van der Waals surface area contributed by atoms with Crippen LogP contribution >= 0.6 is 23.2 Å². The highest BCUT2D eigenvalue weighted by Crippen LogP contribution is 2.39. The number of fused-ring (bicyclic) bond motifs is 1. The molecule has 1 aliphatic rings. The topological polar surface area (TPSA) is 100 Å². The van der Waals surface area contributed by atoms with Crippen molar-refractivity contribution in [2.75, 3.05) is 0 Å². The highest BCUT2D eigenvalue weighted by atomic mass is 35.5. The third kappa shape index (κ3) is 3.27. The maximum absolute atomic E-state index is 11.9. The Morgan fingerprint density at radius 2 is 1.85 bits per heavy atom. The molecule has 136 valence electrons. The zero-order chi connectivity index (χ0) is 19.1. The molecular weight excluding hydrogens is 391 g/mol. The molecular formula is C18H12Cl2N4O3. The number of nitrogens with zero attached hydrogens (tertiary/aromatic N) is 2. The number of aromatic amines is 2. The molecule has 0 saturated carbocycles. The third-order valence-corrected chi connectivity index (χ3v) is 4.72. The largest absolute Gasteiger partial charge is 0.454 e. The second-order valence-electron chi connectivity index (χ2n) is 5.95. The first-order chi connectivity index (χ1) is 12.9. The van der Waals surface area contributed by atoms with Crippen molar-refractivity contribution in [1.82, 2.24) is 15.2 Å². The molecule has 1 aliphatic heterocycles. The van der Waals surface area contributed by atoms with E-state index in [9.17, 15) is 9.59 Å². The summed E-state index contributed by atoms with van der Waals surface area (Å²) in [7, 11) is 0. The van der Waals surface area contributed by atoms with Crippen molar-refractivity contribution >= 4 is 28.9 Å². The van der Waals surface area contributed by atoms with Crippen LogP contribution in [0.4, 0.5) is 0 Å². The average molecular weight is 403 g/mol. The minimum Gasteiger partial charge on any atom is -0.454 e. The molecule has 9 heteroatoms. The molecule has 0 aliphatic carbocycles. The first-order valence-corrected chi connectivity index (χ1v) is 8.68. The summed E-state index contributed by atoms with van der Waals surface area (Å²) in [4.78, 5) is 29.5. The molecule has 3 aromatic rings. The Kier molecular flexibility index (Phi) is 4.33. The highest BCUT2D eigenvalue weighted by molar-refractivity contribution is 6.37. The van der Waals surface area contributed by atoms with Crippen LogP contribution < -0.4 is 16.0 Å². The number of aliphatic imine (C=N–C) groups is 1. The number of hydrogen-bond acceptors (Lipinski definition) is 5. The van der Waals surface area contributed by atoms with Gasteiger partial charge in [0.1, 0.15) is 5.75 Å². The van der Waals surface area contributed by atoms with E-state index in [0.29, 0.717) is 17.9 Å². The van der Waals surface area contributed by atoms with Crippen LogP contribution in [0.3, 0.4) is 0 Å². The molecule has 2 N–H and O–H groups in total. The second kappa shape index (κ2) is 6.68. The first-order valence-electron chi connectivity index (χ1n) is 7.93. The van der Waals surface area contributed by atoms with E-state index >= 15 is 0 Å². The van der Waals surface area contributed by atoms with Gasteiger partial charge in [-0.2, -0.15) is 5.10 Å². The summed E-state index contributed by atoms with van der Waals surface area (Å²) >= 11 is 12.6. The average Bonchev–Trinajstić information content (AvgIpc) is 2.99. The molecule has 0 atom stereocenters. The van der Waals surface area contributed by atoms with Gasteiger partial charge < -0.3 is 4.74 Å². The van der Waals surface area contributed by atoms with E-state index in [1.807, 2.05) is 25.1 Å². The van der Waals surface area contributed by atoms with Gasteiger partial charge in [0.15, 0.2) is 11.4 Å². The third-order valence-electron chi connectivity index (χ3n) is 4.16. The summed E-state index contributed by atoms with van der Waals surface area (Å²) in [6.45, 7) is 2.61. The van der Waals surface area contributed by atoms with Gasteiger partial charge in [0.05, 0.1) is 16.6 Å². The van der Waals surface area contributed by atoms with E-state index in [0.717, 1.165) is 16.8 Å². The molecule has 2 heterocycles. The number of rotatable bonds is 3. The highest BCUT2D eigenvalue weighted by Gasteiger charge is 2.17. The zero-order valence-corrected chi connectivity index (χ0v) is 15.5. The van der Waals surface area contributed by atoms with E-state index in [1.165, 1.54) is 12.1 Å². The Bertz CT molecular complexity index is 1190. The minimum absolute atomic E-state index is 0.00526. The van der Waals surface area contributed by atoms with Crippen LogP contribution in [0.25, 0.3) is 11.3 Å². The number of nitrogens with one attached hydrogen (secondary N) is 2. The first kappa shape index (κ1) is 17.5. The van der Waals surface area contributed by atoms with Gasteiger partial charge in [-0.05, 0) is 36.8 Å². The van der Waals surface area contributed by atoms with Gasteiger partial charge in [-0.1, -0.05) is 29.3 Å². The fourth-order valence-electron chi connectivity index (χ4n) is 2.84. The second-order valence-corrected chi connectivity index (χ2v) is 6.76. The lowest BCUT2D eigenvalue weighted by atomic mass is 10.1. The van der Waals surface area contributed by atoms with Crippen molar-refractivity contribution in [3.8, 4) is 22.8 Å². The molecule has 2 aromatic carbocycles. The molecule has 0 fully saturated rings. The van der Waals surface area contributed by atoms with Crippen molar-refractivity contribution in [3.05, 3.63) is 72.3 Å². The predicted molar refractivity (Wildman–Crippen MR) is 103 cm³/mol. The molecule has 0 radical (unpaired) electrons. The van der Waals surface area contributed by atoms with Crippen LogP contribution in [-0.2, 0) is 6.54 Å². The molecule has 0 spiro atoms. The molecule has 27 heavy (non-hydrogen) atoms. The predicted octanol–water partition coefficient (Wildman–Crippen LogP) is 3.55. The Hall–Kier alpha value is -2.90. The van der Waals surface area contributed by atoms with Crippen molar-refractivity contribution in [2.45, 2.75) is 13.5 Å². The Morgan fingerprint density at radius 3 is 2.56 bits per heavy atom. The van der Waals surface area contributed by atoms with E-state index in [4.69, 9.17) is 27.9 Å². The Labute approximate surface area is 162 Å². The Balaban J connectivity index is 1.71. The van der Waals surface area contributed by atoms with Crippen LogP contribution in [0.5, 0.6) is 11.5 Å². The number of benzene rings is 2. The van der Waals surface area contributed by atoms with Gasteiger partial charge in [0, 0.05) is 16.8 Å². The van der Waals surface area contributed by atoms with Crippen molar-refractivity contribution < 1.29 is 4.74 Å². The standard InChI is InChI=1S/C18H12Cl2N4O3/c1-8-12-6-11(3-2-9(12)7-21-8)27-16-13(19)4-10(5-14(16)20)15-17(25)22-18(26)24-23-15/h2-6H,7H2,1H3,(H2,22,24,25,26). The molecule has 7 nitrogen and oxygen atoms in total. The van der Waals surface area contributed by atoms with Gasteiger partial charge in [-0.3, -0.25) is 14.8 Å². The fourth-order valence-corrected chi connectivity index (χ4v) is 3.40. The number of aromatic nitrogens is 3. The smallest absolute Gasteiger partial charge is 0.342 e. The molecule has 0 bridgehead atoms. The summed E-state index contributed by atoms with van der Waals surface area (Å²) in [5.74, 6) is 0.831. The molecule has 0 unspecified atom stereocenters. The molecule has 0 saturated heterocycles. The van der Waals surface area contributed by atoms with E-state index in [1.54, 1.807) is 0 Å². The van der Waals surface area contributed by atoms with E-state index < -0.39 is 11.2 Å². The summed E-state index contributed by atoms with van der Waals surface area (Å²) in [6.07, 6.45) is 0. The maximum atomic E-state index is 11.9. The van der Waals surface area contributed by atoms with Crippen LogP contribution in [0.15, 0.2) is 44.9 Å². The van der Waals surface area contributed by atoms with E-state index in [2.05, 4.69) is 20.2 Å². The SMILES string of the molecule is CC1=NCc2ccc(Oc3c(Cl)cc(-c4n[nH]c(=O)[nH]c4=O)cc3Cl)cc21. The van der Waals surface area contributed by atoms with Crippen LogP contribution in [-0.4, -0.2) is 20.9 Å². The quantitative estimate of drug-likeness (QED) is 0.699. The van der Waals surface area contributed by atoms with Gasteiger partial charge >= 0.3 is 5.69 Å². The minimum atomic E-state index is -0.698. The molecule has 0 amide bonds. The lowest BCUT2D eigenvalue weighted by Gasteiger charge is -2.12. The van der Waals surface area contributed by atoms with Gasteiger partial charge in [-0.25, -0.2) is 9.89 Å². The molecule has 1 aromatic heterocycles. The van der Waals surface area contributed by atoms with Gasteiger partial charge in [0.2, 0.25) is 0 Å². The van der Waals surface area contributed by atoms with Gasteiger partial charge in [0.25, 0.3) is 5.56 Å². The number of H-pyrrole nitrogens is 2. The normalized spacial score (nSPS) is 12.6. The fraction of sp³-hybridized carbons (Fsp3) is 0.111. The van der Waals surface area contributed by atoms with Crippen LogP contribution in [0.1, 0.15) is 18.1 Å². The van der Waals surface area contributed by atoms with Crippen molar-refractivity contribution in [1.29, 1.82) is 0 Å². The van der Waals surface area contributed by atoms with Gasteiger partial charge in [-0.15, -0.1) is 0 Å². The number of hydrogen-bond donors (Lipinski definition) is 2. The number of halogens is 2. The van der Waals surface area contributed by atoms with E-state index in [-0.39, 0.29) is 21.5 Å². The van der Waals surface area contributed by atoms with Crippen LogP contribution in [0, 0.1) is 0 Å². The molecule has 4 rings (SSSR count). The summed E-state index contributed by atoms with van der Waals surface area (Å²) in [5, 5.41) is 6.32. The lowest BCUT2D eigenvalue weighted by Crippen LogP contribution is -2.25. The summed E-state index contributed by atoms with van der Waals surface area (Å²) in [6, 6.07) is 8.65. The monoisotopic (exact) mass is 402 g/mol. The Morgan fingerprint density at radius 1 is 1.11 bits per heavy atom.